The van der Waals surface area contributed by atoms with Gasteiger partial charge in [0.2, 0.25) is 5.89 Å². The van der Waals surface area contributed by atoms with E-state index in [9.17, 15) is 0 Å². The Morgan fingerprint density at radius 3 is 2.93 bits per heavy atom. The van der Waals surface area contributed by atoms with Crippen LogP contribution < -0.4 is 4.90 Å². The van der Waals surface area contributed by atoms with Crippen LogP contribution >= 0.6 is 0 Å². The van der Waals surface area contributed by atoms with Gasteiger partial charge in [0.1, 0.15) is 6.26 Å². The summed E-state index contributed by atoms with van der Waals surface area (Å²) in [6.45, 7) is 4.98. The van der Waals surface area contributed by atoms with E-state index in [1.54, 1.807) is 0 Å². The number of oxazole rings is 1. The molecule has 2 aromatic heterocycles. The normalized spacial score (nSPS) is 20.3. The summed E-state index contributed by atoms with van der Waals surface area (Å²) < 4.78 is 5.77. The molecular formula is C24H26N4O. The van der Waals surface area contributed by atoms with E-state index in [0.29, 0.717) is 0 Å². The number of nitrogens with zero attached hydrogens (tertiary/aromatic N) is 4. The maximum atomic E-state index is 5.77. The summed E-state index contributed by atoms with van der Waals surface area (Å²) in [4.78, 5) is 14.4. The third-order valence-corrected chi connectivity index (χ3v) is 5.79. The molecule has 3 aromatic rings. The Morgan fingerprint density at radius 1 is 1.03 bits per heavy atom. The van der Waals surface area contributed by atoms with Gasteiger partial charge in [-0.15, -0.1) is 0 Å². The number of aromatic nitrogens is 2. The van der Waals surface area contributed by atoms with Crippen LogP contribution in [-0.4, -0.2) is 41.0 Å². The van der Waals surface area contributed by atoms with Gasteiger partial charge in [-0.05, 0) is 25.0 Å². The van der Waals surface area contributed by atoms with Gasteiger partial charge in [0, 0.05) is 44.3 Å². The molecule has 0 spiro atoms. The monoisotopic (exact) mass is 386 g/mol. The van der Waals surface area contributed by atoms with Crippen LogP contribution in [0.25, 0.3) is 10.9 Å². The number of hydrogen-bond acceptors (Lipinski definition) is 5. The van der Waals surface area contributed by atoms with Gasteiger partial charge in [-0.3, -0.25) is 9.88 Å². The number of para-hydroxylation sites is 1. The summed E-state index contributed by atoms with van der Waals surface area (Å²) in [6.07, 6.45) is 14.3. The van der Waals surface area contributed by atoms with Crippen molar-refractivity contribution in [3.05, 3.63) is 78.7 Å². The van der Waals surface area contributed by atoms with Crippen LogP contribution in [0.5, 0.6) is 0 Å². The zero-order chi connectivity index (χ0) is 19.5. The van der Waals surface area contributed by atoms with Crippen LogP contribution in [0.4, 0.5) is 5.69 Å². The quantitative estimate of drug-likeness (QED) is 0.659. The fourth-order valence-electron chi connectivity index (χ4n) is 4.27. The SMILES string of the molecule is C1=CCC(c2nc(CN3CCCN(c4cccc5cccnc45)CC3)co2)C=C1. The molecule has 0 bridgehead atoms. The Labute approximate surface area is 171 Å². The molecule has 1 fully saturated rings. The molecule has 1 aliphatic heterocycles. The second kappa shape index (κ2) is 8.21. The molecule has 1 unspecified atom stereocenters. The molecule has 2 aliphatic rings. The predicted octanol–water partition coefficient (Wildman–Crippen LogP) is 4.53. The minimum atomic E-state index is 0.271. The van der Waals surface area contributed by atoms with Crippen molar-refractivity contribution >= 4 is 16.6 Å². The van der Waals surface area contributed by atoms with Crippen LogP contribution in [0, 0.1) is 0 Å². The van der Waals surface area contributed by atoms with Crippen LogP contribution in [0.3, 0.4) is 0 Å². The number of anilines is 1. The van der Waals surface area contributed by atoms with Crippen LogP contribution in [-0.2, 0) is 6.54 Å². The van der Waals surface area contributed by atoms with Gasteiger partial charge in [-0.2, -0.15) is 0 Å². The Bertz CT molecular complexity index is 1030. The average Bonchev–Trinajstić information content (AvgIpc) is 3.12. The van der Waals surface area contributed by atoms with Crippen molar-refractivity contribution in [1.29, 1.82) is 0 Å². The zero-order valence-corrected chi connectivity index (χ0v) is 16.6. The van der Waals surface area contributed by atoms with Crippen molar-refractivity contribution in [2.45, 2.75) is 25.3 Å². The first kappa shape index (κ1) is 18.1. The van der Waals surface area contributed by atoms with Gasteiger partial charge in [0.05, 0.1) is 22.8 Å². The second-order valence-corrected chi connectivity index (χ2v) is 7.80. The molecule has 0 amide bonds. The number of rotatable bonds is 4. The van der Waals surface area contributed by atoms with Crippen molar-refractivity contribution < 1.29 is 4.42 Å². The number of benzene rings is 1. The molecule has 5 rings (SSSR count). The lowest BCUT2D eigenvalue weighted by atomic mass is 10.0. The minimum Gasteiger partial charge on any atom is -0.448 e. The lowest BCUT2D eigenvalue weighted by Gasteiger charge is -2.24. The lowest BCUT2D eigenvalue weighted by molar-refractivity contribution is 0.282. The van der Waals surface area contributed by atoms with E-state index in [1.165, 1.54) is 11.1 Å². The van der Waals surface area contributed by atoms with Gasteiger partial charge in [-0.1, -0.05) is 42.5 Å². The molecule has 5 heteroatoms. The highest BCUT2D eigenvalue weighted by atomic mass is 16.3. The molecule has 1 aliphatic carbocycles. The van der Waals surface area contributed by atoms with Crippen LogP contribution in [0.1, 0.15) is 30.3 Å². The topological polar surface area (TPSA) is 45.4 Å². The summed E-state index contributed by atoms with van der Waals surface area (Å²) in [5, 5.41) is 1.20. The molecular weight excluding hydrogens is 360 g/mol. The highest BCUT2D eigenvalue weighted by Gasteiger charge is 2.20. The molecule has 3 heterocycles. The largest absolute Gasteiger partial charge is 0.448 e. The summed E-state index contributed by atoms with van der Waals surface area (Å²) in [5.74, 6) is 1.10. The molecule has 5 nitrogen and oxygen atoms in total. The van der Waals surface area contributed by atoms with Crippen molar-refractivity contribution in [1.82, 2.24) is 14.9 Å². The fraction of sp³-hybridized carbons (Fsp3) is 0.333. The van der Waals surface area contributed by atoms with Crippen LogP contribution in [0.2, 0.25) is 0 Å². The lowest BCUT2D eigenvalue weighted by Crippen LogP contribution is -2.30. The van der Waals surface area contributed by atoms with E-state index < -0.39 is 0 Å². The average molecular weight is 386 g/mol. The van der Waals surface area contributed by atoms with Crippen molar-refractivity contribution in [2.75, 3.05) is 31.1 Å². The predicted molar refractivity (Wildman–Crippen MR) is 116 cm³/mol. The standard InChI is InChI=1S/C24H26N4O/c1-2-7-20(8-3-1)24-26-21(18-29-24)17-27-13-6-14-28(16-15-27)22-11-4-9-19-10-5-12-25-23(19)22/h1-5,7,9-12,18,20H,6,8,13-17H2. The Hall–Kier alpha value is -2.92. The van der Waals surface area contributed by atoms with E-state index >= 15 is 0 Å². The van der Waals surface area contributed by atoms with E-state index in [1.807, 2.05) is 18.5 Å². The highest BCUT2D eigenvalue weighted by molar-refractivity contribution is 5.90. The summed E-state index contributed by atoms with van der Waals surface area (Å²) >= 11 is 0. The van der Waals surface area contributed by atoms with Gasteiger partial charge in [0.15, 0.2) is 0 Å². The third kappa shape index (κ3) is 3.96. The first-order chi connectivity index (χ1) is 14.4. The van der Waals surface area contributed by atoms with E-state index in [-0.39, 0.29) is 5.92 Å². The van der Waals surface area contributed by atoms with E-state index in [0.717, 1.165) is 62.7 Å². The Kier molecular flexibility index (Phi) is 5.13. The molecule has 1 aromatic carbocycles. The molecule has 0 N–H and O–H groups in total. The first-order valence-electron chi connectivity index (χ1n) is 10.5. The van der Waals surface area contributed by atoms with Crippen molar-refractivity contribution in [2.24, 2.45) is 0 Å². The maximum absolute atomic E-state index is 5.77. The minimum absolute atomic E-state index is 0.271. The first-order valence-corrected chi connectivity index (χ1v) is 10.5. The third-order valence-electron chi connectivity index (χ3n) is 5.79. The zero-order valence-electron chi connectivity index (χ0n) is 16.6. The molecule has 29 heavy (non-hydrogen) atoms. The molecule has 0 saturated carbocycles. The number of allylic oxidation sites excluding steroid dienone is 4. The van der Waals surface area contributed by atoms with Gasteiger partial charge >= 0.3 is 0 Å². The maximum Gasteiger partial charge on any atom is 0.201 e. The van der Waals surface area contributed by atoms with E-state index in [2.05, 4.69) is 63.4 Å². The molecule has 0 radical (unpaired) electrons. The number of fused-ring (bicyclic) bond motifs is 1. The Morgan fingerprint density at radius 2 is 2.00 bits per heavy atom. The fourth-order valence-corrected chi connectivity index (χ4v) is 4.27. The molecule has 148 valence electrons. The van der Waals surface area contributed by atoms with E-state index in [4.69, 9.17) is 9.40 Å². The summed E-state index contributed by atoms with van der Waals surface area (Å²) in [7, 11) is 0. The number of pyridine rings is 1. The van der Waals surface area contributed by atoms with Crippen molar-refractivity contribution in [3.8, 4) is 0 Å². The summed E-state index contributed by atoms with van der Waals surface area (Å²) in [6, 6.07) is 10.6. The van der Waals surface area contributed by atoms with Crippen molar-refractivity contribution in [3.63, 3.8) is 0 Å². The Balaban J connectivity index is 1.25. The second-order valence-electron chi connectivity index (χ2n) is 7.80. The summed E-state index contributed by atoms with van der Waals surface area (Å²) in [5.41, 5.74) is 3.37. The smallest absolute Gasteiger partial charge is 0.201 e. The van der Waals surface area contributed by atoms with Gasteiger partial charge in [0.25, 0.3) is 0 Å². The molecule has 1 saturated heterocycles. The highest BCUT2D eigenvalue weighted by Crippen LogP contribution is 2.27. The van der Waals surface area contributed by atoms with Crippen LogP contribution in [0.15, 0.2) is 71.5 Å². The molecule has 1 atom stereocenters. The van der Waals surface area contributed by atoms with Gasteiger partial charge < -0.3 is 9.32 Å². The number of hydrogen-bond donors (Lipinski definition) is 0. The van der Waals surface area contributed by atoms with Gasteiger partial charge in [-0.25, -0.2) is 4.98 Å².